The molecule has 0 fully saturated rings. The molecule has 0 aliphatic heterocycles. The second-order valence-electron chi connectivity index (χ2n) is 4.35. The maximum absolute atomic E-state index is 11.5. The lowest BCUT2D eigenvalue weighted by molar-refractivity contribution is -0.116. The molecule has 0 radical (unpaired) electrons. The van der Waals surface area contributed by atoms with Crippen LogP contribution in [-0.2, 0) is 9.53 Å². The van der Waals surface area contributed by atoms with Crippen molar-refractivity contribution in [3.63, 3.8) is 0 Å². The van der Waals surface area contributed by atoms with E-state index in [1.807, 2.05) is 12.1 Å². The van der Waals surface area contributed by atoms with Gasteiger partial charge < -0.3 is 20.5 Å². The Morgan fingerprint density at radius 3 is 2.90 bits per heavy atom. The van der Waals surface area contributed by atoms with Gasteiger partial charge in [-0.3, -0.25) is 4.79 Å². The van der Waals surface area contributed by atoms with Gasteiger partial charge in [0.15, 0.2) is 0 Å². The molecule has 20 heavy (non-hydrogen) atoms. The molecular weight excluding hydrogens is 258 g/mol. The number of hydrogen-bond acceptors (Lipinski definition) is 5. The van der Waals surface area contributed by atoms with E-state index in [0.717, 1.165) is 18.7 Å². The lowest BCUT2D eigenvalue weighted by Gasteiger charge is -2.08. The van der Waals surface area contributed by atoms with Crippen LogP contribution in [0.25, 0.3) is 0 Å². The molecule has 0 spiro atoms. The number of carbonyl (C=O) groups excluding carboxylic acids is 1. The smallest absolute Gasteiger partial charge is 0.224 e. The van der Waals surface area contributed by atoms with Crippen molar-refractivity contribution < 1.29 is 14.6 Å². The molecule has 0 bridgehead atoms. The van der Waals surface area contributed by atoms with Gasteiger partial charge in [-0.15, -0.1) is 0 Å². The predicted molar refractivity (Wildman–Crippen MR) is 78.8 cm³/mol. The number of nitrogens with one attached hydrogen (secondary N) is 2. The lowest BCUT2D eigenvalue weighted by Crippen LogP contribution is -2.13. The zero-order valence-electron chi connectivity index (χ0n) is 11.9. The highest BCUT2D eigenvalue weighted by Gasteiger charge is 2.02. The largest absolute Gasteiger partial charge is 0.394 e. The number of rotatable bonds is 10. The van der Waals surface area contributed by atoms with Crippen LogP contribution in [0.3, 0.4) is 0 Å². The highest BCUT2D eigenvalue weighted by Crippen LogP contribution is 2.10. The van der Waals surface area contributed by atoms with Gasteiger partial charge in [-0.05, 0) is 18.6 Å². The zero-order valence-corrected chi connectivity index (χ0v) is 11.9. The Morgan fingerprint density at radius 1 is 1.40 bits per heavy atom. The molecule has 0 atom stereocenters. The van der Waals surface area contributed by atoms with Crippen LogP contribution in [0.2, 0.25) is 0 Å². The average molecular weight is 281 g/mol. The average Bonchev–Trinajstić information content (AvgIpc) is 2.46. The van der Waals surface area contributed by atoms with Crippen LogP contribution in [0.15, 0.2) is 18.3 Å². The number of aromatic nitrogens is 1. The molecule has 6 nitrogen and oxygen atoms in total. The van der Waals surface area contributed by atoms with Crippen LogP contribution in [0.1, 0.15) is 26.2 Å². The fourth-order valence-corrected chi connectivity index (χ4v) is 1.55. The minimum absolute atomic E-state index is 0.0202. The summed E-state index contributed by atoms with van der Waals surface area (Å²) < 4.78 is 5.12. The van der Waals surface area contributed by atoms with Crippen LogP contribution >= 0.6 is 0 Å². The van der Waals surface area contributed by atoms with Crippen molar-refractivity contribution in [3.05, 3.63) is 18.3 Å². The van der Waals surface area contributed by atoms with Crippen LogP contribution in [0, 0.1) is 0 Å². The Hall–Kier alpha value is -1.66. The molecule has 0 aliphatic carbocycles. The van der Waals surface area contributed by atoms with E-state index in [1.54, 1.807) is 6.20 Å². The minimum atomic E-state index is 0.0202. The van der Waals surface area contributed by atoms with E-state index >= 15 is 0 Å². The first-order valence-corrected chi connectivity index (χ1v) is 6.94. The number of unbranched alkanes of at least 4 members (excludes halogenated alkanes) is 1. The summed E-state index contributed by atoms with van der Waals surface area (Å²) >= 11 is 0. The number of pyridine rings is 1. The second-order valence-corrected chi connectivity index (χ2v) is 4.35. The molecule has 0 aromatic carbocycles. The van der Waals surface area contributed by atoms with E-state index in [1.165, 1.54) is 0 Å². The monoisotopic (exact) mass is 281 g/mol. The van der Waals surface area contributed by atoms with Gasteiger partial charge in [0.1, 0.15) is 5.82 Å². The molecule has 0 aliphatic rings. The van der Waals surface area contributed by atoms with E-state index in [0.29, 0.717) is 31.9 Å². The molecule has 0 saturated carbocycles. The van der Waals surface area contributed by atoms with E-state index in [-0.39, 0.29) is 12.5 Å². The third-order valence-electron chi connectivity index (χ3n) is 2.59. The highest BCUT2D eigenvalue weighted by molar-refractivity contribution is 5.90. The van der Waals surface area contributed by atoms with Gasteiger partial charge in [0, 0.05) is 13.0 Å². The topological polar surface area (TPSA) is 83.5 Å². The summed E-state index contributed by atoms with van der Waals surface area (Å²) in [6.45, 7) is 3.56. The third-order valence-corrected chi connectivity index (χ3v) is 2.59. The number of anilines is 2. The van der Waals surface area contributed by atoms with Crippen LogP contribution in [0.4, 0.5) is 11.5 Å². The molecule has 0 saturated heterocycles. The fourth-order valence-electron chi connectivity index (χ4n) is 1.55. The summed E-state index contributed by atoms with van der Waals surface area (Å²) in [5.74, 6) is 0.746. The van der Waals surface area contributed by atoms with Crippen molar-refractivity contribution in [3.8, 4) is 0 Å². The summed E-state index contributed by atoms with van der Waals surface area (Å²) in [5.41, 5.74) is 0.702. The quantitative estimate of drug-likeness (QED) is 0.568. The first kappa shape index (κ1) is 16.4. The zero-order chi connectivity index (χ0) is 14.6. The molecular formula is C14H23N3O3. The maximum atomic E-state index is 11.5. The molecule has 112 valence electrons. The maximum Gasteiger partial charge on any atom is 0.224 e. The Labute approximate surface area is 119 Å². The number of ether oxygens (including phenoxy) is 1. The molecule has 1 aromatic heterocycles. The van der Waals surface area contributed by atoms with Gasteiger partial charge in [-0.1, -0.05) is 13.3 Å². The van der Waals surface area contributed by atoms with Crippen molar-refractivity contribution in [2.75, 3.05) is 37.0 Å². The fraction of sp³-hybridized carbons (Fsp3) is 0.571. The Balaban J connectivity index is 2.27. The van der Waals surface area contributed by atoms with Crippen LogP contribution < -0.4 is 10.6 Å². The predicted octanol–water partition coefficient (Wildman–Crippen LogP) is 1.63. The van der Waals surface area contributed by atoms with Crippen molar-refractivity contribution in [2.45, 2.75) is 26.2 Å². The number of amides is 1. The van der Waals surface area contributed by atoms with Gasteiger partial charge in [-0.25, -0.2) is 4.98 Å². The van der Waals surface area contributed by atoms with Gasteiger partial charge in [0.2, 0.25) is 5.91 Å². The van der Waals surface area contributed by atoms with E-state index in [4.69, 9.17) is 9.84 Å². The Morgan fingerprint density at radius 2 is 2.25 bits per heavy atom. The van der Waals surface area contributed by atoms with Gasteiger partial charge in [0.25, 0.3) is 0 Å². The summed E-state index contributed by atoms with van der Waals surface area (Å²) in [5, 5.41) is 14.4. The number of hydrogen-bond donors (Lipinski definition) is 3. The molecule has 1 rings (SSSR count). The van der Waals surface area contributed by atoms with Gasteiger partial charge in [0.05, 0.1) is 31.7 Å². The summed E-state index contributed by atoms with van der Waals surface area (Å²) in [6.07, 6.45) is 4.07. The highest BCUT2D eigenvalue weighted by atomic mass is 16.5. The van der Waals surface area contributed by atoms with Gasteiger partial charge in [-0.2, -0.15) is 0 Å². The molecule has 1 heterocycles. The van der Waals surface area contributed by atoms with Crippen molar-refractivity contribution in [1.29, 1.82) is 0 Å². The van der Waals surface area contributed by atoms with Crippen molar-refractivity contribution >= 4 is 17.4 Å². The number of nitrogens with zero attached hydrogens (tertiary/aromatic N) is 1. The molecule has 6 heteroatoms. The van der Waals surface area contributed by atoms with E-state index in [9.17, 15) is 4.79 Å². The minimum Gasteiger partial charge on any atom is -0.394 e. The van der Waals surface area contributed by atoms with Crippen molar-refractivity contribution in [2.24, 2.45) is 0 Å². The standard InChI is InChI=1S/C14H23N3O3/c1-2-3-4-14(19)17-12-5-6-13(16-11-12)15-7-9-20-10-8-18/h5-6,11,18H,2-4,7-10H2,1H3,(H,15,16)(H,17,19). The first-order chi connectivity index (χ1) is 9.76. The Kier molecular flexibility index (Phi) is 8.33. The first-order valence-electron chi connectivity index (χ1n) is 6.94. The summed E-state index contributed by atoms with van der Waals surface area (Å²) in [6, 6.07) is 3.62. The normalized spacial score (nSPS) is 10.3. The number of aliphatic hydroxyl groups excluding tert-OH is 1. The summed E-state index contributed by atoms with van der Waals surface area (Å²) in [4.78, 5) is 15.7. The summed E-state index contributed by atoms with van der Waals surface area (Å²) in [7, 11) is 0. The second kappa shape index (κ2) is 10.2. The molecule has 3 N–H and O–H groups in total. The third kappa shape index (κ3) is 7.06. The molecule has 0 unspecified atom stereocenters. The van der Waals surface area contributed by atoms with E-state index < -0.39 is 0 Å². The van der Waals surface area contributed by atoms with Crippen molar-refractivity contribution in [1.82, 2.24) is 4.98 Å². The number of carbonyl (C=O) groups is 1. The van der Waals surface area contributed by atoms with Gasteiger partial charge >= 0.3 is 0 Å². The number of aliphatic hydroxyl groups is 1. The van der Waals surface area contributed by atoms with E-state index in [2.05, 4.69) is 22.5 Å². The Bertz CT molecular complexity index is 382. The molecule has 1 aromatic rings. The van der Waals surface area contributed by atoms with Crippen LogP contribution in [0.5, 0.6) is 0 Å². The lowest BCUT2D eigenvalue weighted by atomic mass is 10.2. The SMILES string of the molecule is CCCCC(=O)Nc1ccc(NCCOCCO)nc1. The molecule has 1 amide bonds. The van der Waals surface area contributed by atoms with Crippen LogP contribution in [-0.4, -0.2) is 42.4 Å².